The van der Waals surface area contributed by atoms with Crippen LogP contribution in [0.25, 0.3) is 0 Å². The second kappa shape index (κ2) is 10.0. The van der Waals surface area contributed by atoms with Gasteiger partial charge in [-0.3, -0.25) is 4.79 Å². The molecule has 0 saturated carbocycles. The minimum atomic E-state index is -0.568. The predicted molar refractivity (Wildman–Crippen MR) is 107 cm³/mol. The van der Waals surface area contributed by atoms with Gasteiger partial charge in [-0.15, -0.1) is 11.8 Å². The first-order valence-electron chi connectivity index (χ1n) is 8.61. The number of likely N-dealkylation sites (N-methyl/N-ethyl adjacent to an activating group) is 1. The third-order valence-corrected chi connectivity index (χ3v) is 4.79. The third-order valence-electron chi connectivity index (χ3n) is 4.05. The lowest BCUT2D eigenvalue weighted by Gasteiger charge is -2.17. The van der Waals surface area contributed by atoms with Gasteiger partial charge in [0.1, 0.15) is 5.75 Å². The molecule has 0 unspecified atom stereocenters. The van der Waals surface area contributed by atoms with Crippen molar-refractivity contribution in [3.63, 3.8) is 0 Å². The van der Waals surface area contributed by atoms with Gasteiger partial charge in [-0.05, 0) is 55.0 Å². The van der Waals surface area contributed by atoms with Gasteiger partial charge >= 0.3 is 5.97 Å². The number of hydrogen-bond acceptors (Lipinski definition) is 5. The normalized spacial score (nSPS) is 10.4. The van der Waals surface area contributed by atoms with Gasteiger partial charge in [-0.2, -0.15) is 0 Å². The quantitative estimate of drug-likeness (QED) is 0.512. The zero-order valence-electron chi connectivity index (χ0n) is 16.2. The molecule has 0 N–H and O–H groups in total. The van der Waals surface area contributed by atoms with Crippen LogP contribution >= 0.6 is 11.8 Å². The van der Waals surface area contributed by atoms with Gasteiger partial charge < -0.3 is 14.4 Å². The summed E-state index contributed by atoms with van der Waals surface area (Å²) in [7, 11) is 1.69. The van der Waals surface area contributed by atoms with Crippen molar-refractivity contribution in [3.8, 4) is 5.75 Å². The average Bonchev–Trinajstić information content (AvgIpc) is 2.67. The third kappa shape index (κ3) is 6.64. The lowest BCUT2D eigenvalue weighted by molar-refractivity contribution is -0.153. The summed E-state index contributed by atoms with van der Waals surface area (Å²) in [6, 6.07) is 13.8. The molecule has 0 atom stereocenters. The molecule has 0 aromatic heterocycles. The molecule has 0 bridgehead atoms. The number of rotatable bonds is 8. The number of amides is 1. The van der Waals surface area contributed by atoms with Crippen molar-refractivity contribution in [2.24, 2.45) is 0 Å². The van der Waals surface area contributed by atoms with Crippen molar-refractivity contribution in [1.29, 1.82) is 0 Å². The fourth-order valence-corrected chi connectivity index (χ4v) is 2.79. The van der Waals surface area contributed by atoms with Crippen LogP contribution in [0.1, 0.15) is 16.7 Å². The highest BCUT2D eigenvalue weighted by Gasteiger charge is 2.13. The minimum absolute atomic E-state index is 0.225. The summed E-state index contributed by atoms with van der Waals surface area (Å²) in [5.74, 6) is -0.185. The first kappa shape index (κ1) is 20.8. The van der Waals surface area contributed by atoms with Crippen molar-refractivity contribution in [2.45, 2.75) is 25.3 Å². The molecule has 0 heterocycles. The number of hydrogen-bond donors (Lipinski definition) is 0. The van der Waals surface area contributed by atoms with Crippen LogP contribution in [0.2, 0.25) is 0 Å². The number of carbonyl (C=O) groups is 2. The molecule has 0 radical (unpaired) electrons. The lowest BCUT2D eigenvalue weighted by Crippen LogP contribution is -2.31. The molecule has 0 aliphatic rings. The number of aryl methyl sites for hydroxylation is 2. The Bertz CT molecular complexity index is 789. The maximum atomic E-state index is 12.2. The van der Waals surface area contributed by atoms with Crippen LogP contribution in [0.3, 0.4) is 0 Å². The summed E-state index contributed by atoms with van der Waals surface area (Å²) in [5.41, 5.74) is 3.01. The standard InChI is InChI=1S/C21H25NO4S/c1-15-5-6-16(2)19(11-15)25-14-21(24)26-13-20(23)22(3)12-17-7-9-18(27-4)10-8-17/h5-11H,12-14H2,1-4H3. The fourth-order valence-electron chi connectivity index (χ4n) is 2.39. The minimum Gasteiger partial charge on any atom is -0.482 e. The van der Waals surface area contributed by atoms with E-state index in [1.807, 2.05) is 62.6 Å². The summed E-state index contributed by atoms with van der Waals surface area (Å²) in [5, 5.41) is 0. The number of ether oxygens (including phenoxy) is 2. The molecule has 0 aliphatic carbocycles. The summed E-state index contributed by atoms with van der Waals surface area (Å²) in [4.78, 5) is 26.7. The van der Waals surface area contributed by atoms with E-state index in [0.717, 1.165) is 16.7 Å². The van der Waals surface area contributed by atoms with E-state index in [-0.39, 0.29) is 19.1 Å². The topological polar surface area (TPSA) is 55.8 Å². The summed E-state index contributed by atoms with van der Waals surface area (Å²) in [6.07, 6.45) is 2.02. The Kier molecular flexibility index (Phi) is 7.73. The molecular formula is C21H25NO4S. The molecule has 0 saturated heterocycles. The van der Waals surface area contributed by atoms with Crippen LogP contribution < -0.4 is 4.74 Å². The van der Waals surface area contributed by atoms with E-state index in [0.29, 0.717) is 12.3 Å². The van der Waals surface area contributed by atoms with E-state index in [4.69, 9.17) is 9.47 Å². The van der Waals surface area contributed by atoms with Crippen LogP contribution in [0.4, 0.5) is 0 Å². The van der Waals surface area contributed by atoms with E-state index >= 15 is 0 Å². The molecular weight excluding hydrogens is 362 g/mol. The zero-order chi connectivity index (χ0) is 19.8. The predicted octanol–water partition coefficient (Wildman–Crippen LogP) is 3.61. The highest BCUT2D eigenvalue weighted by Crippen LogP contribution is 2.19. The van der Waals surface area contributed by atoms with E-state index in [1.54, 1.807) is 18.8 Å². The second-order valence-corrected chi connectivity index (χ2v) is 7.20. The number of benzene rings is 2. The van der Waals surface area contributed by atoms with E-state index in [2.05, 4.69) is 0 Å². The Labute approximate surface area is 164 Å². The SMILES string of the molecule is CSc1ccc(CN(C)C(=O)COC(=O)COc2cc(C)ccc2C)cc1. The zero-order valence-corrected chi connectivity index (χ0v) is 17.0. The second-order valence-electron chi connectivity index (χ2n) is 6.32. The maximum absolute atomic E-state index is 12.2. The molecule has 27 heavy (non-hydrogen) atoms. The Morgan fingerprint density at radius 3 is 2.41 bits per heavy atom. The van der Waals surface area contributed by atoms with Crippen LogP contribution in [0.15, 0.2) is 47.4 Å². The van der Waals surface area contributed by atoms with Crippen molar-refractivity contribution in [2.75, 3.05) is 26.5 Å². The molecule has 1 amide bonds. The Morgan fingerprint density at radius 1 is 1.04 bits per heavy atom. The Balaban J connectivity index is 1.76. The van der Waals surface area contributed by atoms with Gasteiger partial charge in [0.25, 0.3) is 5.91 Å². The molecule has 2 rings (SSSR count). The summed E-state index contributed by atoms with van der Waals surface area (Å²) in [6.45, 7) is 3.80. The largest absolute Gasteiger partial charge is 0.482 e. The number of thioether (sulfide) groups is 1. The van der Waals surface area contributed by atoms with Crippen LogP contribution in [-0.2, 0) is 20.9 Å². The van der Waals surface area contributed by atoms with Gasteiger partial charge in [-0.25, -0.2) is 4.79 Å². The van der Waals surface area contributed by atoms with Crippen molar-refractivity contribution in [3.05, 3.63) is 59.2 Å². The monoisotopic (exact) mass is 387 g/mol. The Hall–Kier alpha value is -2.47. The molecule has 6 heteroatoms. The van der Waals surface area contributed by atoms with Crippen LogP contribution in [0.5, 0.6) is 5.75 Å². The van der Waals surface area contributed by atoms with Gasteiger partial charge in [-0.1, -0.05) is 24.3 Å². The molecule has 0 aliphatic heterocycles. The van der Waals surface area contributed by atoms with E-state index < -0.39 is 5.97 Å². The smallest absolute Gasteiger partial charge is 0.344 e. The lowest BCUT2D eigenvalue weighted by atomic mass is 10.1. The summed E-state index contributed by atoms with van der Waals surface area (Å²) >= 11 is 1.67. The van der Waals surface area contributed by atoms with Crippen LogP contribution in [-0.4, -0.2) is 43.3 Å². The van der Waals surface area contributed by atoms with Gasteiger partial charge in [0, 0.05) is 18.5 Å². The number of esters is 1. The Morgan fingerprint density at radius 2 is 1.74 bits per heavy atom. The molecule has 5 nitrogen and oxygen atoms in total. The van der Waals surface area contributed by atoms with E-state index in [9.17, 15) is 9.59 Å². The molecule has 0 spiro atoms. The highest BCUT2D eigenvalue weighted by atomic mass is 32.2. The molecule has 0 fully saturated rings. The summed E-state index contributed by atoms with van der Waals surface area (Å²) < 4.78 is 10.5. The van der Waals surface area contributed by atoms with Crippen LogP contribution in [0, 0.1) is 13.8 Å². The van der Waals surface area contributed by atoms with Gasteiger partial charge in [0.05, 0.1) is 0 Å². The highest BCUT2D eigenvalue weighted by molar-refractivity contribution is 7.98. The average molecular weight is 388 g/mol. The molecule has 144 valence electrons. The van der Waals surface area contributed by atoms with Crippen molar-refractivity contribution >= 4 is 23.6 Å². The first-order chi connectivity index (χ1) is 12.9. The maximum Gasteiger partial charge on any atom is 0.344 e. The molecule has 2 aromatic carbocycles. The van der Waals surface area contributed by atoms with Gasteiger partial charge in [0.2, 0.25) is 0 Å². The van der Waals surface area contributed by atoms with Crippen molar-refractivity contribution < 1.29 is 19.1 Å². The van der Waals surface area contributed by atoms with Gasteiger partial charge in [0.15, 0.2) is 13.2 Å². The number of nitrogens with zero attached hydrogens (tertiary/aromatic N) is 1. The number of carbonyl (C=O) groups excluding carboxylic acids is 2. The first-order valence-corrected chi connectivity index (χ1v) is 9.84. The van der Waals surface area contributed by atoms with E-state index in [1.165, 1.54) is 9.80 Å². The molecule has 2 aromatic rings. The fraction of sp³-hybridized carbons (Fsp3) is 0.333. The van der Waals surface area contributed by atoms with Crippen molar-refractivity contribution in [1.82, 2.24) is 4.90 Å².